The van der Waals surface area contributed by atoms with Crippen molar-refractivity contribution in [3.63, 3.8) is 0 Å². The van der Waals surface area contributed by atoms with E-state index in [0.717, 1.165) is 4.90 Å². The van der Waals surface area contributed by atoms with Crippen LogP contribution in [0.1, 0.15) is 13.8 Å². The van der Waals surface area contributed by atoms with Gasteiger partial charge < -0.3 is 10.2 Å². The van der Waals surface area contributed by atoms with Gasteiger partial charge >= 0.3 is 10.3 Å². The van der Waals surface area contributed by atoms with E-state index in [1.807, 2.05) is 18.2 Å². The molecule has 4 N–H and O–H groups in total. The summed E-state index contributed by atoms with van der Waals surface area (Å²) in [6.45, 7) is 2.63. The second-order valence-corrected chi connectivity index (χ2v) is 6.85. The number of aliphatic hydroxyl groups is 2. The van der Waals surface area contributed by atoms with Crippen LogP contribution in [0.5, 0.6) is 0 Å². The molecule has 6 nitrogen and oxygen atoms in total. The van der Waals surface area contributed by atoms with Crippen molar-refractivity contribution in [2.24, 2.45) is 5.14 Å². The summed E-state index contributed by atoms with van der Waals surface area (Å²) in [7, 11) is -3.83. The summed E-state index contributed by atoms with van der Waals surface area (Å²) in [5.41, 5.74) is 0. The van der Waals surface area contributed by atoms with Gasteiger partial charge in [-0.05, 0) is 26.0 Å². The van der Waals surface area contributed by atoms with Crippen LogP contribution in [0.25, 0.3) is 0 Å². The van der Waals surface area contributed by atoms with Crippen LogP contribution in [0.4, 0.5) is 0 Å². The Morgan fingerprint density at radius 3 is 2.30 bits per heavy atom. The minimum Gasteiger partial charge on any atom is -0.366 e. The highest BCUT2D eigenvalue weighted by Crippen LogP contribution is 2.26. The summed E-state index contributed by atoms with van der Waals surface area (Å²) in [4.78, 5) is 0.886. The predicted molar refractivity (Wildman–Crippen MR) is 79.8 cm³/mol. The van der Waals surface area contributed by atoms with Crippen molar-refractivity contribution in [1.82, 2.24) is 0 Å². The second kappa shape index (κ2) is 8.83. The minimum absolute atomic E-state index is 0.0364. The predicted octanol–water partition coefficient (Wildman–Crippen LogP) is 1.36. The van der Waals surface area contributed by atoms with Gasteiger partial charge in [0.15, 0.2) is 5.79 Å². The van der Waals surface area contributed by atoms with Gasteiger partial charge in [0.25, 0.3) is 0 Å². The number of hydrogen-bond donors (Lipinski definition) is 3. The third-order valence-corrected chi connectivity index (χ3v) is 3.40. The summed E-state index contributed by atoms with van der Waals surface area (Å²) in [6.07, 6.45) is 0. The van der Waals surface area contributed by atoms with E-state index in [1.165, 1.54) is 25.6 Å². The van der Waals surface area contributed by atoms with E-state index in [9.17, 15) is 8.42 Å². The van der Waals surface area contributed by atoms with E-state index in [2.05, 4.69) is 9.32 Å². The normalized spacial score (nSPS) is 11.7. The zero-order valence-corrected chi connectivity index (χ0v) is 13.5. The van der Waals surface area contributed by atoms with Crippen LogP contribution in [0.15, 0.2) is 29.2 Å². The monoisotopic (exact) mass is 343 g/mol. The van der Waals surface area contributed by atoms with Crippen LogP contribution in [0.2, 0.25) is 5.02 Å². The van der Waals surface area contributed by atoms with Crippen molar-refractivity contribution < 1.29 is 22.8 Å². The van der Waals surface area contributed by atoms with Gasteiger partial charge in [0, 0.05) is 10.6 Å². The first-order chi connectivity index (χ1) is 8.99. The molecule has 0 atom stereocenters. The van der Waals surface area contributed by atoms with Gasteiger partial charge in [-0.15, -0.1) is 11.8 Å². The second-order valence-electron chi connectivity index (χ2n) is 4.09. The first-order valence-corrected chi connectivity index (χ1v) is 8.32. The first-order valence-electron chi connectivity index (χ1n) is 5.48. The minimum atomic E-state index is -3.83. The Balaban J connectivity index is 0.000000621. The van der Waals surface area contributed by atoms with Gasteiger partial charge in [0.05, 0.1) is 11.6 Å². The quantitative estimate of drug-likeness (QED) is 0.423. The molecule has 0 fully saturated rings. The Kier molecular flexibility index (Phi) is 8.68. The number of benzene rings is 1. The van der Waals surface area contributed by atoms with Gasteiger partial charge in [0.2, 0.25) is 0 Å². The maximum atomic E-state index is 10.4. The van der Waals surface area contributed by atoms with Crippen molar-refractivity contribution >= 4 is 33.7 Å². The molecule has 0 bridgehead atoms. The summed E-state index contributed by atoms with van der Waals surface area (Å²) in [5, 5.41) is 21.4. The van der Waals surface area contributed by atoms with Gasteiger partial charge in [-0.25, -0.2) is 5.14 Å². The Labute approximate surface area is 128 Å². The van der Waals surface area contributed by atoms with E-state index in [-0.39, 0.29) is 6.61 Å². The zero-order chi connectivity index (χ0) is 15.8. The average molecular weight is 344 g/mol. The fourth-order valence-electron chi connectivity index (χ4n) is 0.864. The molecular formula is C11H18ClNO5S2. The van der Waals surface area contributed by atoms with Gasteiger partial charge in [-0.2, -0.15) is 8.42 Å². The smallest absolute Gasteiger partial charge is 0.333 e. The van der Waals surface area contributed by atoms with Crippen molar-refractivity contribution in [2.75, 3.05) is 12.4 Å². The topological polar surface area (TPSA) is 110 Å². The Bertz CT molecular complexity index is 496. The maximum Gasteiger partial charge on any atom is 0.333 e. The van der Waals surface area contributed by atoms with Gasteiger partial charge in [-0.3, -0.25) is 4.18 Å². The van der Waals surface area contributed by atoms with Crippen LogP contribution in [0, 0.1) is 0 Å². The number of halogens is 1. The molecule has 1 rings (SSSR count). The SMILES string of the molecule is CC(C)(O)O.NS(=O)(=O)OCCSc1ccccc1Cl. The first kappa shape index (κ1) is 19.7. The molecule has 0 spiro atoms. The van der Waals surface area contributed by atoms with Crippen molar-refractivity contribution in [2.45, 2.75) is 24.5 Å². The lowest BCUT2D eigenvalue weighted by molar-refractivity contribution is -0.127. The van der Waals surface area contributed by atoms with E-state index in [0.29, 0.717) is 10.8 Å². The lowest BCUT2D eigenvalue weighted by atomic mass is 10.4. The van der Waals surface area contributed by atoms with Crippen LogP contribution < -0.4 is 5.14 Å². The molecule has 116 valence electrons. The third kappa shape index (κ3) is 14.1. The van der Waals surface area contributed by atoms with E-state index >= 15 is 0 Å². The molecule has 0 aliphatic carbocycles. The van der Waals surface area contributed by atoms with Gasteiger partial charge in [-0.1, -0.05) is 23.7 Å². The highest BCUT2D eigenvalue weighted by molar-refractivity contribution is 7.99. The largest absolute Gasteiger partial charge is 0.366 e. The number of rotatable bonds is 5. The highest BCUT2D eigenvalue weighted by atomic mass is 35.5. The molecule has 1 aromatic carbocycles. The Morgan fingerprint density at radius 2 is 1.85 bits per heavy atom. The van der Waals surface area contributed by atoms with Crippen molar-refractivity contribution in [3.05, 3.63) is 29.3 Å². The molecule has 20 heavy (non-hydrogen) atoms. The molecule has 1 aromatic rings. The van der Waals surface area contributed by atoms with Crippen LogP contribution in [-0.2, 0) is 14.5 Å². The highest BCUT2D eigenvalue weighted by Gasteiger charge is 2.03. The van der Waals surface area contributed by atoms with Gasteiger partial charge in [0.1, 0.15) is 0 Å². The molecule has 0 amide bonds. The molecule has 0 aliphatic rings. The van der Waals surface area contributed by atoms with Crippen LogP contribution >= 0.6 is 23.4 Å². The van der Waals surface area contributed by atoms with Crippen molar-refractivity contribution in [3.8, 4) is 0 Å². The van der Waals surface area contributed by atoms with E-state index in [4.69, 9.17) is 21.8 Å². The van der Waals surface area contributed by atoms with E-state index in [1.54, 1.807) is 6.07 Å². The summed E-state index contributed by atoms with van der Waals surface area (Å²) in [6, 6.07) is 7.30. The standard InChI is InChI=1S/C8H10ClNO3S2.C3H8O2/c9-7-3-1-2-4-8(7)14-6-5-13-15(10,11)12;1-3(2,4)5/h1-4H,5-6H2,(H2,10,11,12);4-5H,1-2H3. The number of hydrogen-bond acceptors (Lipinski definition) is 6. The lowest BCUT2D eigenvalue weighted by Gasteiger charge is -2.03. The van der Waals surface area contributed by atoms with Crippen LogP contribution in [-0.4, -0.2) is 36.8 Å². The summed E-state index contributed by atoms with van der Waals surface area (Å²) < 4.78 is 25.2. The maximum absolute atomic E-state index is 10.4. The lowest BCUT2D eigenvalue weighted by Crippen LogP contribution is -2.17. The molecule has 0 saturated heterocycles. The van der Waals surface area contributed by atoms with Crippen LogP contribution in [0.3, 0.4) is 0 Å². The Morgan fingerprint density at radius 1 is 1.35 bits per heavy atom. The molecule has 0 aromatic heterocycles. The molecule has 0 radical (unpaired) electrons. The molecule has 0 unspecified atom stereocenters. The van der Waals surface area contributed by atoms with Crippen molar-refractivity contribution in [1.29, 1.82) is 0 Å². The molecule has 0 heterocycles. The molecule has 9 heteroatoms. The molecule has 0 aliphatic heterocycles. The fourth-order valence-corrected chi connectivity index (χ4v) is 2.35. The zero-order valence-electron chi connectivity index (χ0n) is 11.1. The number of thioether (sulfide) groups is 1. The summed E-state index contributed by atoms with van der Waals surface area (Å²) >= 11 is 7.30. The summed E-state index contributed by atoms with van der Waals surface area (Å²) in [5.74, 6) is -1.03. The fraction of sp³-hybridized carbons (Fsp3) is 0.455. The molecular weight excluding hydrogens is 326 g/mol. The van der Waals surface area contributed by atoms with E-state index < -0.39 is 16.1 Å². The average Bonchev–Trinajstić information content (AvgIpc) is 2.23. The Hall–Kier alpha value is -0.350. The number of nitrogens with two attached hydrogens (primary N) is 1. The molecule has 0 saturated carbocycles. The third-order valence-electron chi connectivity index (χ3n) is 1.43.